The third-order valence-corrected chi connectivity index (χ3v) is 4.00. The SMILES string of the molecule is CCOc1ccccc1CCCNC(=O)[C@@H]1COc2ccccc2O1. The Kier molecular flexibility index (Phi) is 5.77. The van der Waals surface area contributed by atoms with Crippen LogP contribution in [0.1, 0.15) is 18.9 Å². The fourth-order valence-corrected chi connectivity index (χ4v) is 2.76. The van der Waals surface area contributed by atoms with Gasteiger partial charge in [0.1, 0.15) is 12.4 Å². The Labute approximate surface area is 147 Å². The van der Waals surface area contributed by atoms with E-state index in [0.29, 0.717) is 24.7 Å². The van der Waals surface area contributed by atoms with Crippen LogP contribution >= 0.6 is 0 Å². The summed E-state index contributed by atoms with van der Waals surface area (Å²) >= 11 is 0. The summed E-state index contributed by atoms with van der Waals surface area (Å²) in [5, 5.41) is 2.92. The monoisotopic (exact) mass is 341 g/mol. The van der Waals surface area contributed by atoms with Gasteiger partial charge < -0.3 is 19.5 Å². The minimum atomic E-state index is -0.606. The fraction of sp³-hybridized carbons (Fsp3) is 0.350. The van der Waals surface area contributed by atoms with Crippen molar-refractivity contribution in [2.75, 3.05) is 19.8 Å². The molecule has 0 aliphatic carbocycles. The quantitative estimate of drug-likeness (QED) is 0.787. The van der Waals surface area contributed by atoms with Gasteiger partial charge in [-0.05, 0) is 43.5 Å². The second-order valence-electron chi connectivity index (χ2n) is 5.80. The molecule has 0 radical (unpaired) electrons. The van der Waals surface area contributed by atoms with Crippen molar-refractivity contribution in [2.45, 2.75) is 25.9 Å². The first-order valence-electron chi connectivity index (χ1n) is 8.65. The molecule has 1 atom stereocenters. The maximum Gasteiger partial charge on any atom is 0.264 e. The lowest BCUT2D eigenvalue weighted by molar-refractivity contribution is -0.130. The van der Waals surface area contributed by atoms with Crippen molar-refractivity contribution in [1.29, 1.82) is 0 Å². The molecule has 132 valence electrons. The second-order valence-corrected chi connectivity index (χ2v) is 5.80. The highest BCUT2D eigenvalue weighted by atomic mass is 16.6. The number of hydrogen-bond acceptors (Lipinski definition) is 4. The summed E-state index contributed by atoms with van der Waals surface area (Å²) in [6.07, 6.45) is 1.08. The van der Waals surface area contributed by atoms with Crippen LogP contribution in [0.5, 0.6) is 17.2 Å². The standard InChI is InChI=1S/C20H23NO4/c1-2-23-16-10-4-3-8-15(16)9-7-13-21-20(22)19-14-24-17-11-5-6-12-18(17)25-19/h3-6,8,10-12,19H,2,7,9,13-14H2,1H3,(H,21,22)/t19-/m0/s1. The molecule has 5 nitrogen and oxygen atoms in total. The number of carbonyl (C=O) groups is 1. The van der Waals surface area contributed by atoms with Gasteiger partial charge in [-0.2, -0.15) is 0 Å². The minimum absolute atomic E-state index is 0.146. The summed E-state index contributed by atoms with van der Waals surface area (Å²) in [4.78, 5) is 12.2. The number of benzene rings is 2. The van der Waals surface area contributed by atoms with Gasteiger partial charge in [-0.15, -0.1) is 0 Å². The van der Waals surface area contributed by atoms with Gasteiger partial charge in [0.15, 0.2) is 11.5 Å². The number of amides is 1. The molecule has 0 bridgehead atoms. The van der Waals surface area contributed by atoms with E-state index in [9.17, 15) is 4.79 Å². The number of hydrogen-bond donors (Lipinski definition) is 1. The normalized spacial score (nSPS) is 15.5. The Balaban J connectivity index is 1.45. The van der Waals surface area contributed by atoms with Gasteiger partial charge in [0.2, 0.25) is 6.10 Å². The highest BCUT2D eigenvalue weighted by Gasteiger charge is 2.26. The highest BCUT2D eigenvalue weighted by molar-refractivity contribution is 5.81. The van der Waals surface area contributed by atoms with Crippen LogP contribution in [0.25, 0.3) is 0 Å². The van der Waals surface area contributed by atoms with Crippen molar-refractivity contribution in [3.63, 3.8) is 0 Å². The van der Waals surface area contributed by atoms with E-state index < -0.39 is 6.10 Å². The van der Waals surface area contributed by atoms with Crippen LogP contribution in [-0.2, 0) is 11.2 Å². The molecule has 1 aliphatic rings. The summed E-state index contributed by atoms with van der Waals surface area (Å²) in [5.41, 5.74) is 1.16. The highest BCUT2D eigenvalue weighted by Crippen LogP contribution is 2.30. The van der Waals surface area contributed by atoms with Gasteiger partial charge in [-0.1, -0.05) is 30.3 Å². The van der Waals surface area contributed by atoms with E-state index in [0.717, 1.165) is 24.2 Å². The predicted molar refractivity (Wildman–Crippen MR) is 95.3 cm³/mol. The molecule has 0 saturated heterocycles. The van der Waals surface area contributed by atoms with Crippen LogP contribution in [0.3, 0.4) is 0 Å². The van der Waals surface area contributed by atoms with E-state index in [2.05, 4.69) is 11.4 Å². The Hall–Kier alpha value is -2.69. The van der Waals surface area contributed by atoms with Crippen molar-refractivity contribution in [3.05, 3.63) is 54.1 Å². The first kappa shape index (κ1) is 17.1. The molecule has 3 rings (SSSR count). The number of fused-ring (bicyclic) bond motifs is 1. The van der Waals surface area contributed by atoms with Gasteiger partial charge in [-0.3, -0.25) is 4.79 Å². The van der Waals surface area contributed by atoms with Crippen LogP contribution < -0.4 is 19.5 Å². The molecule has 1 amide bonds. The third kappa shape index (κ3) is 4.44. The number of ether oxygens (including phenoxy) is 3. The zero-order chi connectivity index (χ0) is 17.5. The Morgan fingerprint density at radius 2 is 1.92 bits per heavy atom. The van der Waals surface area contributed by atoms with Gasteiger partial charge in [0.05, 0.1) is 6.61 Å². The zero-order valence-electron chi connectivity index (χ0n) is 14.4. The van der Waals surface area contributed by atoms with E-state index >= 15 is 0 Å². The number of rotatable bonds is 7. The first-order chi connectivity index (χ1) is 12.3. The summed E-state index contributed by atoms with van der Waals surface area (Å²) in [6.45, 7) is 3.44. The van der Waals surface area contributed by atoms with Crippen molar-refractivity contribution in [1.82, 2.24) is 5.32 Å². The number of carbonyl (C=O) groups excluding carboxylic acids is 1. The van der Waals surface area contributed by atoms with E-state index in [1.165, 1.54) is 0 Å². The molecular weight excluding hydrogens is 318 g/mol. The molecule has 5 heteroatoms. The van der Waals surface area contributed by atoms with E-state index in [4.69, 9.17) is 14.2 Å². The average molecular weight is 341 g/mol. The molecule has 1 heterocycles. The second kappa shape index (κ2) is 8.42. The number of nitrogens with one attached hydrogen (secondary N) is 1. The molecule has 0 spiro atoms. The molecule has 1 N–H and O–H groups in total. The Morgan fingerprint density at radius 1 is 1.16 bits per heavy atom. The maximum atomic E-state index is 12.2. The molecule has 2 aromatic rings. The van der Waals surface area contributed by atoms with Gasteiger partial charge in [0.25, 0.3) is 5.91 Å². The third-order valence-electron chi connectivity index (χ3n) is 4.00. The van der Waals surface area contributed by atoms with E-state index in [1.54, 1.807) is 6.07 Å². The Bertz CT molecular complexity index is 716. The first-order valence-corrected chi connectivity index (χ1v) is 8.65. The van der Waals surface area contributed by atoms with Gasteiger partial charge in [0, 0.05) is 6.54 Å². The molecule has 0 aromatic heterocycles. The van der Waals surface area contributed by atoms with Crippen molar-refractivity contribution in [3.8, 4) is 17.2 Å². The maximum absolute atomic E-state index is 12.2. The molecule has 0 fully saturated rings. The van der Waals surface area contributed by atoms with Crippen molar-refractivity contribution < 1.29 is 19.0 Å². The predicted octanol–water partition coefficient (Wildman–Crippen LogP) is 2.97. The topological polar surface area (TPSA) is 56.8 Å². The fourth-order valence-electron chi connectivity index (χ4n) is 2.76. The summed E-state index contributed by atoms with van der Waals surface area (Å²) < 4.78 is 16.9. The molecule has 25 heavy (non-hydrogen) atoms. The largest absolute Gasteiger partial charge is 0.494 e. The van der Waals surface area contributed by atoms with Crippen LogP contribution in [-0.4, -0.2) is 31.8 Å². The van der Waals surface area contributed by atoms with Crippen LogP contribution in [0, 0.1) is 0 Å². The molecule has 2 aromatic carbocycles. The summed E-state index contributed by atoms with van der Waals surface area (Å²) in [5.74, 6) is 2.06. The Morgan fingerprint density at radius 3 is 2.76 bits per heavy atom. The molecule has 0 saturated carbocycles. The van der Waals surface area contributed by atoms with Crippen LogP contribution in [0.2, 0.25) is 0 Å². The summed E-state index contributed by atoms with van der Waals surface area (Å²) in [7, 11) is 0. The van der Waals surface area contributed by atoms with Gasteiger partial charge >= 0.3 is 0 Å². The number of aryl methyl sites for hydroxylation is 1. The average Bonchev–Trinajstić information content (AvgIpc) is 2.66. The zero-order valence-corrected chi connectivity index (χ0v) is 14.4. The van der Waals surface area contributed by atoms with Crippen molar-refractivity contribution in [2.24, 2.45) is 0 Å². The van der Waals surface area contributed by atoms with Crippen molar-refractivity contribution >= 4 is 5.91 Å². The van der Waals surface area contributed by atoms with Crippen LogP contribution in [0.15, 0.2) is 48.5 Å². The van der Waals surface area contributed by atoms with Gasteiger partial charge in [-0.25, -0.2) is 0 Å². The van der Waals surface area contributed by atoms with E-state index in [-0.39, 0.29) is 12.5 Å². The lowest BCUT2D eigenvalue weighted by Gasteiger charge is -2.25. The molecule has 1 aliphatic heterocycles. The van der Waals surface area contributed by atoms with Crippen LogP contribution in [0.4, 0.5) is 0 Å². The minimum Gasteiger partial charge on any atom is -0.494 e. The molecular formula is C20H23NO4. The molecule has 0 unspecified atom stereocenters. The summed E-state index contributed by atoms with van der Waals surface area (Å²) in [6, 6.07) is 15.4. The van der Waals surface area contributed by atoms with E-state index in [1.807, 2.05) is 43.3 Å². The lowest BCUT2D eigenvalue weighted by atomic mass is 10.1. The lowest BCUT2D eigenvalue weighted by Crippen LogP contribution is -2.44. The smallest absolute Gasteiger partial charge is 0.264 e. The number of para-hydroxylation sites is 3.